The van der Waals surface area contributed by atoms with Crippen molar-refractivity contribution in [3.8, 4) is 0 Å². The summed E-state index contributed by atoms with van der Waals surface area (Å²) < 4.78 is 0. The summed E-state index contributed by atoms with van der Waals surface area (Å²) in [6.45, 7) is 4.96. The number of anilines is 1. The summed E-state index contributed by atoms with van der Waals surface area (Å²) in [5.41, 5.74) is 2.30. The SMILES string of the molecule is Clc1ccc(N2CCN(Cc3ccn[nH]3)CC2)cc1Cl. The molecule has 0 bridgehead atoms. The van der Waals surface area contributed by atoms with Crippen molar-refractivity contribution in [2.75, 3.05) is 31.1 Å². The molecule has 0 amide bonds. The number of piperazine rings is 1. The molecule has 1 aliphatic rings. The van der Waals surface area contributed by atoms with E-state index in [0.717, 1.165) is 44.1 Å². The second kappa shape index (κ2) is 6.04. The Morgan fingerprint density at radius 1 is 1.05 bits per heavy atom. The normalized spacial score (nSPS) is 16.6. The maximum Gasteiger partial charge on any atom is 0.0612 e. The average Bonchev–Trinajstić information content (AvgIpc) is 2.96. The Bertz CT molecular complexity index is 563. The van der Waals surface area contributed by atoms with Crippen LogP contribution in [0.3, 0.4) is 0 Å². The highest BCUT2D eigenvalue weighted by atomic mass is 35.5. The number of nitrogens with zero attached hydrogens (tertiary/aromatic N) is 3. The molecule has 1 saturated heterocycles. The lowest BCUT2D eigenvalue weighted by atomic mass is 10.2. The molecule has 2 heterocycles. The lowest BCUT2D eigenvalue weighted by molar-refractivity contribution is 0.247. The van der Waals surface area contributed by atoms with Crippen molar-refractivity contribution in [3.63, 3.8) is 0 Å². The zero-order valence-electron chi connectivity index (χ0n) is 11.0. The first kappa shape index (κ1) is 13.7. The van der Waals surface area contributed by atoms with E-state index in [1.807, 2.05) is 24.3 Å². The van der Waals surface area contributed by atoms with Gasteiger partial charge in [0.25, 0.3) is 0 Å². The molecule has 1 aliphatic heterocycles. The molecular weight excluding hydrogens is 295 g/mol. The van der Waals surface area contributed by atoms with Crippen molar-refractivity contribution in [2.45, 2.75) is 6.54 Å². The second-order valence-corrected chi connectivity index (χ2v) is 5.76. The highest BCUT2D eigenvalue weighted by Crippen LogP contribution is 2.27. The van der Waals surface area contributed by atoms with Crippen molar-refractivity contribution in [1.29, 1.82) is 0 Å². The van der Waals surface area contributed by atoms with E-state index in [4.69, 9.17) is 23.2 Å². The van der Waals surface area contributed by atoms with Crippen molar-refractivity contribution in [2.24, 2.45) is 0 Å². The van der Waals surface area contributed by atoms with Crippen LogP contribution in [0.25, 0.3) is 0 Å². The van der Waals surface area contributed by atoms with Crippen molar-refractivity contribution in [1.82, 2.24) is 15.1 Å². The van der Waals surface area contributed by atoms with Crippen LogP contribution in [0.4, 0.5) is 5.69 Å². The number of aromatic nitrogens is 2. The third kappa shape index (κ3) is 3.08. The molecule has 1 aromatic heterocycles. The smallest absolute Gasteiger partial charge is 0.0612 e. The summed E-state index contributed by atoms with van der Waals surface area (Å²) in [7, 11) is 0. The summed E-state index contributed by atoms with van der Waals surface area (Å²) in [6, 6.07) is 7.84. The number of halogens is 2. The van der Waals surface area contributed by atoms with E-state index in [1.54, 1.807) is 6.20 Å². The minimum Gasteiger partial charge on any atom is -0.369 e. The standard InChI is InChI=1S/C14H16Cl2N4/c15-13-2-1-12(9-14(13)16)20-7-5-19(6-8-20)10-11-3-4-17-18-11/h1-4,9H,5-8,10H2,(H,17,18). The zero-order valence-corrected chi connectivity index (χ0v) is 12.5. The van der Waals surface area contributed by atoms with E-state index >= 15 is 0 Å². The van der Waals surface area contributed by atoms with Gasteiger partial charge in [-0.2, -0.15) is 5.10 Å². The van der Waals surface area contributed by atoms with E-state index in [2.05, 4.69) is 20.0 Å². The maximum atomic E-state index is 6.08. The molecule has 1 N–H and O–H groups in total. The van der Waals surface area contributed by atoms with Crippen LogP contribution in [0, 0.1) is 0 Å². The lowest BCUT2D eigenvalue weighted by Gasteiger charge is -2.36. The Hall–Kier alpha value is -1.23. The van der Waals surface area contributed by atoms with Gasteiger partial charge in [-0.1, -0.05) is 23.2 Å². The molecule has 0 atom stereocenters. The van der Waals surface area contributed by atoms with Gasteiger partial charge in [-0.3, -0.25) is 10.00 Å². The van der Waals surface area contributed by atoms with Crippen LogP contribution in [0.2, 0.25) is 10.0 Å². The third-order valence-corrected chi connectivity index (χ3v) is 4.33. The number of benzene rings is 1. The van der Waals surface area contributed by atoms with Crippen LogP contribution >= 0.6 is 23.2 Å². The molecule has 0 aliphatic carbocycles. The molecule has 20 heavy (non-hydrogen) atoms. The van der Waals surface area contributed by atoms with Crippen LogP contribution in [-0.4, -0.2) is 41.3 Å². The molecule has 0 radical (unpaired) electrons. The Labute approximate surface area is 128 Å². The highest BCUT2D eigenvalue weighted by Gasteiger charge is 2.18. The molecule has 4 nitrogen and oxygen atoms in total. The first-order valence-corrected chi connectivity index (χ1v) is 7.38. The van der Waals surface area contributed by atoms with E-state index in [9.17, 15) is 0 Å². The van der Waals surface area contributed by atoms with Gasteiger partial charge in [0, 0.05) is 50.3 Å². The fraction of sp³-hybridized carbons (Fsp3) is 0.357. The second-order valence-electron chi connectivity index (χ2n) is 4.94. The number of rotatable bonds is 3. The van der Waals surface area contributed by atoms with Gasteiger partial charge in [0.05, 0.1) is 10.0 Å². The third-order valence-electron chi connectivity index (χ3n) is 3.59. The molecule has 0 unspecified atom stereocenters. The minimum absolute atomic E-state index is 0.605. The van der Waals surface area contributed by atoms with Gasteiger partial charge in [0.2, 0.25) is 0 Å². The maximum absolute atomic E-state index is 6.08. The molecule has 6 heteroatoms. The van der Waals surface area contributed by atoms with Crippen molar-refractivity contribution < 1.29 is 0 Å². The molecule has 0 saturated carbocycles. The summed E-state index contributed by atoms with van der Waals surface area (Å²) in [4.78, 5) is 4.76. The van der Waals surface area contributed by atoms with Gasteiger partial charge in [-0.15, -0.1) is 0 Å². The largest absolute Gasteiger partial charge is 0.369 e. The van der Waals surface area contributed by atoms with Gasteiger partial charge in [-0.25, -0.2) is 0 Å². The lowest BCUT2D eigenvalue weighted by Crippen LogP contribution is -2.46. The topological polar surface area (TPSA) is 35.2 Å². The fourth-order valence-corrected chi connectivity index (χ4v) is 2.75. The average molecular weight is 311 g/mol. The Kier molecular flexibility index (Phi) is 4.15. The summed E-state index contributed by atoms with van der Waals surface area (Å²) in [5.74, 6) is 0. The molecule has 1 fully saturated rings. The highest BCUT2D eigenvalue weighted by molar-refractivity contribution is 6.42. The predicted molar refractivity (Wildman–Crippen MR) is 82.5 cm³/mol. The van der Waals surface area contributed by atoms with Gasteiger partial charge in [-0.05, 0) is 24.3 Å². The summed E-state index contributed by atoms with van der Waals surface area (Å²) in [6.07, 6.45) is 1.79. The predicted octanol–water partition coefficient (Wildman–Crippen LogP) is 3.04. The van der Waals surface area contributed by atoms with Gasteiger partial charge < -0.3 is 4.90 Å². The number of nitrogens with one attached hydrogen (secondary N) is 1. The van der Waals surface area contributed by atoms with E-state index in [-0.39, 0.29) is 0 Å². The van der Waals surface area contributed by atoms with Crippen LogP contribution < -0.4 is 4.90 Å². The number of H-pyrrole nitrogens is 1. The summed E-state index contributed by atoms with van der Waals surface area (Å²) >= 11 is 12.0. The van der Waals surface area contributed by atoms with Crippen molar-refractivity contribution in [3.05, 3.63) is 46.2 Å². The van der Waals surface area contributed by atoms with Gasteiger partial charge >= 0.3 is 0 Å². The molecule has 2 aromatic rings. The van der Waals surface area contributed by atoms with Crippen LogP contribution in [0.15, 0.2) is 30.5 Å². The zero-order chi connectivity index (χ0) is 13.9. The molecular formula is C14H16Cl2N4. The molecule has 3 rings (SSSR count). The Balaban J connectivity index is 1.59. The number of hydrogen-bond donors (Lipinski definition) is 1. The molecule has 106 valence electrons. The van der Waals surface area contributed by atoms with Crippen LogP contribution in [-0.2, 0) is 6.54 Å². The quantitative estimate of drug-likeness (QED) is 0.946. The Morgan fingerprint density at radius 2 is 1.85 bits per heavy atom. The van der Waals surface area contributed by atoms with Crippen LogP contribution in [0.1, 0.15) is 5.69 Å². The fourth-order valence-electron chi connectivity index (χ4n) is 2.46. The monoisotopic (exact) mass is 310 g/mol. The first-order chi connectivity index (χ1) is 9.72. The van der Waals surface area contributed by atoms with Gasteiger partial charge in [0.15, 0.2) is 0 Å². The minimum atomic E-state index is 0.605. The first-order valence-electron chi connectivity index (χ1n) is 6.63. The molecule has 0 spiro atoms. The number of hydrogen-bond acceptors (Lipinski definition) is 3. The van der Waals surface area contributed by atoms with E-state index in [1.165, 1.54) is 0 Å². The van der Waals surface area contributed by atoms with Gasteiger partial charge in [0.1, 0.15) is 0 Å². The number of aromatic amines is 1. The Morgan fingerprint density at radius 3 is 2.50 bits per heavy atom. The summed E-state index contributed by atoms with van der Waals surface area (Å²) in [5, 5.41) is 8.20. The van der Waals surface area contributed by atoms with E-state index in [0.29, 0.717) is 10.0 Å². The van der Waals surface area contributed by atoms with Crippen molar-refractivity contribution >= 4 is 28.9 Å². The van der Waals surface area contributed by atoms with E-state index < -0.39 is 0 Å². The molecule has 1 aromatic carbocycles. The van der Waals surface area contributed by atoms with Crippen LogP contribution in [0.5, 0.6) is 0 Å².